The summed E-state index contributed by atoms with van der Waals surface area (Å²) in [5.41, 5.74) is 11.4. The largest absolute Gasteiger partial charge is 0.387 e. The minimum Gasteiger partial charge on any atom is -0.387 e. The highest BCUT2D eigenvalue weighted by Crippen LogP contribution is 2.43. The van der Waals surface area contributed by atoms with Crippen LogP contribution in [0.1, 0.15) is 129 Å². The van der Waals surface area contributed by atoms with Crippen LogP contribution in [0.5, 0.6) is 0 Å². The summed E-state index contributed by atoms with van der Waals surface area (Å²) < 4.78 is 0. The Morgan fingerprint density at radius 3 is 2.48 bits per heavy atom. The van der Waals surface area contributed by atoms with Crippen molar-refractivity contribution in [2.45, 2.75) is 132 Å². The lowest BCUT2D eigenvalue weighted by Crippen LogP contribution is -2.58. The molecule has 44 heavy (non-hydrogen) atoms. The fourth-order valence-electron chi connectivity index (χ4n) is 6.16. The molecular formula is C40H64N2OS. The van der Waals surface area contributed by atoms with Crippen molar-refractivity contribution >= 4 is 17.7 Å². The standard InChI is InChI=1S/C32H46N2OS.C4H8.C3H6.CH4/c1-6-7-8-13-26-18-23(3)30(27-15-11-12-22(2)17-27)28(19-26)14-9-10-16-33-20-29-21-36-32-24(4)31(35)34(32)25(29)5;1-4(2)3;1-3-2;/h10,16-19,24,27,32-33H,6-9,11-15,20-21H2,1-5H3;1H2,2-3H3;3H,1H2,2H3;1H4/b16-10+;;;. The Hall–Kier alpha value is -2.46. The molecule has 1 fully saturated rings. The van der Waals surface area contributed by atoms with Gasteiger partial charge >= 0.3 is 0 Å². The van der Waals surface area contributed by atoms with Gasteiger partial charge in [0, 0.05) is 23.9 Å². The highest BCUT2D eigenvalue weighted by Gasteiger charge is 2.47. The lowest BCUT2D eigenvalue weighted by Gasteiger charge is -2.49. The van der Waals surface area contributed by atoms with Crippen LogP contribution in [0.3, 0.4) is 0 Å². The molecule has 3 atom stereocenters. The number of amides is 1. The van der Waals surface area contributed by atoms with Gasteiger partial charge in [-0.3, -0.25) is 4.79 Å². The summed E-state index contributed by atoms with van der Waals surface area (Å²) in [5, 5.41) is 3.86. The molecule has 1 aromatic rings. The summed E-state index contributed by atoms with van der Waals surface area (Å²) in [6.45, 7) is 24.7. The summed E-state index contributed by atoms with van der Waals surface area (Å²) in [7, 11) is 0. The molecule has 3 unspecified atom stereocenters. The average Bonchev–Trinajstić information content (AvgIpc) is 2.95. The molecule has 0 bridgehead atoms. The highest BCUT2D eigenvalue weighted by molar-refractivity contribution is 8.00. The Bertz CT molecular complexity index is 1170. The maximum absolute atomic E-state index is 12.2. The van der Waals surface area contributed by atoms with Crippen LogP contribution < -0.4 is 5.32 Å². The van der Waals surface area contributed by atoms with Gasteiger partial charge in [-0.15, -0.1) is 24.9 Å². The van der Waals surface area contributed by atoms with Crippen molar-refractivity contribution in [2.75, 3.05) is 12.3 Å². The molecule has 1 aromatic carbocycles. The second kappa shape index (κ2) is 20.5. The van der Waals surface area contributed by atoms with Gasteiger partial charge < -0.3 is 10.2 Å². The van der Waals surface area contributed by atoms with E-state index < -0.39 is 0 Å². The van der Waals surface area contributed by atoms with Crippen molar-refractivity contribution in [1.82, 2.24) is 10.2 Å². The molecule has 0 aromatic heterocycles. The maximum atomic E-state index is 12.2. The SMILES string of the molecule is C.C=C(C)C.C=CC.CCCCCc1cc(C)c(C2C=C(C)CCC2)c(CC/C=C/NCC2=C(C)N3C(=O)C(C)C3SC2)c1. The van der Waals surface area contributed by atoms with Crippen LogP contribution in [0.4, 0.5) is 0 Å². The van der Waals surface area contributed by atoms with Gasteiger partial charge in [0.15, 0.2) is 0 Å². The Morgan fingerprint density at radius 1 is 1.16 bits per heavy atom. The third-order valence-electron chi connectivity index (χ3n) is 8.29. The van der Waals surface area contributed by atoms with Crippen LogP contribution in [0.2, 0.25) is 0 Å². The number of fused-ring (bicyclic) bond motifs is 1. The third-order valence-corrected chi connectivity index (χ3v) is 9.76. The predicted octanol–water partition coefficient (Wildman–Crippen LogP) is 11.2. The number of aryl methyl sites for hydroxylation is 3. The number of nitrogens with one attached hydrogen (secondary N) is 1. The number of benzene rings is 1. The second-order valence-electron chi connectivity index (χ2n) is 12.8. The van der Waals surface area contributed by atoms with Gasteiger partial charge in [0.05, 0.1) is 11.3 Å². The zero-order chi connectivity index (χ0) is 31.9. The minimum absolute atomic E-state index is 0. The molecule has 2 aliphatic heterocycles. The monoisotopic (exact) mass is 620 g/mol. The van der Waals surface area contributed by atoms with Crippen molar-refractivity contribution in [3.8, 4) is 0 Å². The molecule has 1 amide bonds. The van der Waals surface area contributed by atoms with Crippen LogP contribution in [-0.2, 0) is 17.6 Å². The molecule has 4 heteroatoms. The van der Waals surface area contributed by atoms with E-state index in [9.17, 15) is 4.79 Å². The average molecular weight is 621 g/mol. The van der Waals surface area contributed by atoms with Gasteiger partial charge in [0.25, 0.3) is 0 Å². The van der Waals surface area contributed by atoms with E-state index in [1.54, 1.807) is 22.8 Å². The molecule has 4 rings (SSSR count). The molecule has 0 saturated carbocycles. The molecule has 2 heterocycles. The molecule has 1 saturated heterocycles. The van der Waals surface area contributed by atoms with Crippen LogP contribution in [0.25, 0.3) is 0 Å². The van der Waals surface area contributed by atoms with E-state index in [-0.39, 0.29) is 19.3 Å². The lowest BCUT2D eigenvalue weighted by molar-refractivity contribution is -0.145. The quantitative estimate of drug-likeness (QED) is 0.152. The maximum Gasteiger partial charge on any atom is 0.233 e. The summed E-state index contributed by atoms with van der Waals surface area (Å²) in [5.74, 6) is 2.05. The zero-order valence-electron chi connectivity index (χ0n) is 28.7. The summed E-state index contributed by atoms with van der Waals surface area (Å²) >= 11 is 1.91. The van der Waals surface area contributed by atoms with Gasteiger partial charge in [-0.1, -0.05) is 75.6 Å². The first-order valence-electron chi connectivity index (χ1n) is 16.6. The predicted molar refractivity (Wildman–Crippen MR) is 198 cm³/mol. The number of hydrogen-bond acceptors (Lipinski definition) is 3. The Labute approximate surface area is 276 Å². The zero-order valence-corrected chi connectivity index (χ0v) is 29.5. The molecule has 1 N–H and O–H groups in total. The Balaban J connectivity index is 0.00000110. The molecule has 1 aliphatic carbocycles. The number of hydrogen-bond donors (Lipinski definition) is 1. The minimum atomic E-state index is 0. The van der Waals surface area contributed by atoms with E-state index in [1.165, 1.54) is 72.9 Å². The molecule has 3 aliphatic rings. The number of β-lactam (4-membered cyclic amide) rings is 1. The fourth-order valence-corrected chi connectivity index (χ4v) is 7.66. The van der Waals surface area contributed by atoms with Gasteiger partial charge in [-0.05, 0) is 121 Å². The van der Waals surface area contributed by atoms with E-state index >= 15 is 0 Å². The molecular weight excluding hydrogens is 557 g/mol. The van der Waals surface area contributed by atoms with Crippen molar-refractivity contribution in [2.24, 2.45) is 5.92 Å². The first kappa shape index (κ1) is 39.6. The smallest absolute Gasteiger partial charge is 0.233 e. The second-order valence-corrected chi connectivity index (χ2v) is 13.9. The van der Waals surface area contributed by atoms with Crippen molar-refractivity contribution in [1.29, 1.82) is 0 Å². The normalized spacial score (nSPS) is 20.6. The third kappa shape index (κ3) is 11.8. The van der Waals surface area contributed by atoms with Gasteiger partial charge in [-0.25, -0.2) is 0 Å². The lowest BCUT2D eigenvalue weighted by atomic mass is 9.80. The number of nitrogens with zero attached hydrogens (tertiary/aromatic N) is 1. The number of carbonyl (C=O) groups is 1. The number of thioether (sulfide) groups is 1. The fraction of sp³-hybridized carbons (Fsp3) is 0.575. The molecule has 3 nitrogen and oxygen atoms in total. The van der Waals surface area contributed by atoms with E-state index in [0.29, 0.717) is 11.3 Å². The number of rotatable bonds is 11. The van der Waals surface area contributed by atoms with Crippen molar-refractivity contribution < 1.29 is 4.79 Å². The Kier molecular flexibility index (Phi) is 18.5. The first-order chi connectivity index (χ1) is 20.5. The van der Waals surface area contributed by atoms with E-state index in [1.807, 2.05) is 37.4 Å². The van der Waals surface area contributed by atoms with Crippen LogP contribution in [-0.4, -0.2) is 28.5 Å². The van der Waals surface area contributed by atoms with E-state index in [4.69, 9.17) is 0 Å². The van der Waals surface area contributed by atoms with Crippen LogP contribution in [0, 0.1) is 12.8 Å². The number of unbranched alkanes of at least 4 members (excludes halogenated alkanes) is 2. The number of allylic oxidation sites excluding steroid dienone is 6. The van der Waals surface area contributed by atoms with Crippen LogP contribution >= 0.6 is 11.8 Å². The summed E-state index contributed by atoms with van der Waals surface area (Å²) in [4.78, 5) is 14.2. The van der Waals surface area contributed by atoms with Crippen molar-refractivity contribution in [3.05, 3.63) is 94.4 Å². The Morgan fingerprint density at radius 2 is 1.84 bits per heavy atom. The topological polar surface area (TPSA) is 32.3 Å². The van der Waals surface area contributed by atoms with Crippen LogP contribution in [0.15, 0.2) is 72.1 Å². The van der Waals surface area contributed by atoms with E-state index in [0.717, 1.165) is 25.1 Å². The first-order valence-corrected chi connectivity index (χ1v) is 17.6. The summed E-state index contributed by atoms with van der Waals surface area (Å²) in [6, 6.07) is 4.99. The molecule has 246 valence electrons. The van der Waals surface area contributed by atoms with Gasteiger partial charge in [-0.2, -0.15) is 0 Å². The van der Waals surface area contributed by atoms with Gasteiger partial charge in [0.2, 0.25) is 5.91 Å². The van der Waals surface area contributed by atoms with E-state index in [2.05, 4.69) is 83.6 Å². The molecule has 0 radical (unpaired) electrons. The van der Waals surface area contributed by atoms with Crippen molar-refractivity contribution in [3.63, 3.8) is 0 Å². The highest BCUT2D eigenvalue weighted by atomic mass is 32.2. The van der Waals surface area contributed by atoms with Gasteiger partial charge in [0.1, 0.15) is 0 Å². The molecule has 0 spiro atoms. The summed E-state index contributed by atoms with van der Waals surface area (Å²) in [6.07, 6.45) is 19.8. The number of carbonyl (C=O) groups excluding carboxylic acids is 1.